The van der Waals surface area contributed by atoms with E-state index in [9.17, 15) is 14.4 Å². The van der Waals surface area contributed by atoms with Crippen molar-refractivity contribution in [2.24, 2.45) is 5.92 Å². The number of carbonyl (C=O) groups is 3. The van der Waals surface area contributed by atoms with E-state index in [0.29, 0.717) is 23.8 Å². The summed E-state index contributed by atoms with van der Waals surface area (Å²) in [5, 5.41) is 5.93. The van der Waals surface area contributed by atoms with Gasteiger partial charge in [0.1, 0.15) is 0 Å². The van der Waals surface area contributed by atoms with Gasteiger partial charge < -0.3 is 15.5 Å². The molecule has 1 saturated heterocycles. The lowest BCUT2D eigenvalue weighted by molar-refractivity contribution is -0.129. The van der Waals surface area contributed by atoms with Gasteiger partial charge in [-0.05, 0) is 36.6 Å². The summed E-state index contributed by atoms with van der Waals surface area (Å²) in [5.74, 6) is -1.08. The second-order valence-corrected chi connectivity index (χ2v) is 7.56. The van der Waals surface area contributed by atoms with Crippen LogP contribution >= 0.6 is 11.6 Å². The number of amides is 3. The van der Waals surface area contributed by atoms with Gasteiger partial charge in [0.2, 0.25) is 17.7 Å². The van der Waals surface area contributed by atoms with Gasteiger partial charge in [0.05, 0.1) is 12.5 Å². The molecule has 3 rings (SSSR count). The summed E-state index contributed by atoms with van der Waals surface area (Å²) in [4.78, 5) is 38.5. The van der Waals surface area contributed by atoms with E-state index in [0.717, 1.165) is 17.5 Å². The minimum absolute atomic E-state index is 0.0277. The van der Waals surface area contributed by atoms with Gasteiger partial charge in [0.25, 0.3) is 0 Å². The van der Waals surface area contributed by atoms with E-state index < -0.39 is 5.92 Å². The first-order chi connectivity index (χ1) is 13.9. The van der Waals surface area contributed by atoms with E-state index in [1.54, 1.807) is 23.1 Å². The summed E-state index contributed by atoms with van der Waals surface area (Å²) in [5.41, 5.74) is 2.53. The number of hydrogen-bond donors (Lipinski definition) is 2. The number of anilines is 1. The molecule has 1 aliphatic heterocycles. The molecule has 0 aliphatic carbocycles. The van der Waals surface area contributed by atoms with Crippen molar-refractivity contribution in [3.8, 4) is 0 Å². The SMILES string of the molecule is Cc1c(Cl)cccc1NC(=O)CNC(=O)[C@H]1CC(=O)N(CCc2ccccc2)C1. The molecule has 0 unspecified atom stereocenters. The summed E-state index contributed by atoms with van der Waals surface area (Å²) >= 11 is 6.05. The van der Waals surface area contributed by atoms with Crippen molar-refractivity contribution in [3.63, 3.8) is 0 Å². The smallest absolute Gasteiger partial charge is 0.243 e. The molecule has 152 valence electrons. The lowest BCUT2D eigenvalue weighted by Crippen LogP contribution is -2.38. The summed E-state index contributed by atoms with van der Waals surface area (Å²) in [6.45, 7) is 2.62. The zero-order valence-corrected chi connectivity index (χ0v) is 17.0. The Morgan fingerprint density at radius 3 is 2.66 bits per heavy atom. The minimum Gasteiger partial charge on any atom is -0.347 e. The molecular formula is C22H24ClN3O3. The number of hydrogen-bond acceptors (Lipinski definition) is 3. The van der Waals surface area contributed by atoms with Gasteiger partial charge in [-0.2, -0.15) is 0 Å². The molecule has 3 amide bonds. The Morgan fingerprint density at radius 1 is 1.14 bits per heavy atom. The first-order valence-corrected chi connectivity index (χ1v) is 9.96. The highest BCUT2D eigenvalue weighted by Crippen LogP contribution is 2.23. The summed E-state index contributed by atoms with van der Waals surface area (Å²) in [6.07, 6.45) is 0.929. The van der Waals surface area contributed by atoms with Crippen molar-refractivity contribution in [1.29, 1.82) is 0 Å². The number of nitrogens with one attached hydrogen (secondary N) is 2. The fourth-order valence-corrected chi connectivity index (χ4v) is 3.50. The van der Waals surface area contributed by atoms with Crippen molar-refractivity contribution in [1.82, 2.24) is 10.2 Å². The molecule has 2 N–H and O–H groups in total. The van der Waals surface area contributed by atoms with E-state index >= 15 is 0 Å². The zero-order valence-electron chi connectivity index (χ0n) is 16.3. The van der Waals surface area contributed by atoms with Gasteiger partial charge in [-0.25, -0.2) is 0 Å². The first kappa shape index (κ1) is 20.9. The second-order valence-electron chi connectivity index (χ2n) is 7.15. The lowest BCUT2D eigenvalue weighted by Gasteiger charge is -2.16. The number of rotatable bonds is 7. The molecule has 7 heteroatoms. The van der Waals surface area contributed by atoms with Gasteiger partial charge in [-0.15, -0.1) is 0 Å². The standard InChI is InChI=1S/C22H24ClN3O3/c1-15-18(23)8-5-9-19(15)25-20(27)13-24-22(29)17-12-21(28)26(14-17)11-10-16-6-3-2-4-7-16/h2-9,17H,10-14H2,1H3,(H,24,29)(H,25,27)/t17-/m0/s1. The van der Waals surface area contributed by atoms with Gasteiger partial charge in [0, 0.05) is 30.2 Å². The number of carbonyl (C=O) groups excluding carboxylic acids is 3. The molecule has 1 fully saturated rings. The van der Waals surface area contributed by atoms with Crippen molar-refractivity contribution >= 4 is 35.0 Å². The predicted octanol–water partition coefficient (Wildman–Crippen LogP) is 2.79. The Labute approximate surface area is 175 Å². The maximum atomic E-state index is 12.4. The van der Waals surface area contributed by atoms with Gasteiger partial charge in [-0.3, -0.25) is 14.4 Å². The molecule has 0 aromatic heterocycles. The molecule has 1 heterocycles. The first-order valence-electron chi connectivity index (χ1n) is 9.58. The maximum Gasteiger partial charge on any atom is 0.243 e. The number of likely N-dealkylation sites (tertiary alicyclic amines) is 1. The predicted molar refractivity (Wildman–Crippen MR) is 113 cm³/mol. The van der Waals surface area contributed by atoms with E-state index in [1.165, 1.54) is 0 Å². The van der Waals surface area contributed by atoms with Crippen LogP contribution in [-0.4, -0.2) is 42.3 Å². The normalized spacial score (nSPS) is 16.0. The Bertz CT molecular complexity index is 901. The Balaban J connectivity index is 1.45. The zero-order chi connectivity index (χ0) is 20.8. The molecule has 2 aromatic rings. The number of benzene rings is 2. The second kappa shape index (κ2) is 9.56. The van der Waals surface area contributed by atoms with Crippen LogP contribution in [0.3, 0.4) is 0 Å². The van der Waals surface area contributed by atoms with Crippen LogP contribution in [0.15, 0.2) is 48.5 Å². The molecule has 0 bridgehead atoms. The third-order valence-electron chi connectivity index (χ3n) is 5.06. The van der Waals surface area contributed by atoms with Gasteiger partial charge in [-0.1, -0.05) is 48.0 Å². The van der Waals surface area contributed by atoms with E-state index in [2.05, 4.69) is 10.6 Å². The summed E-state index contributed by atoms with van der Waals surface area (Å²) < 4.78 is 0. The maximum absolute atomic E-state index is 12.4. The highest BCUT2D eigenvalue weighted by molar-refractivity contribution is 6.31. The average molecular weight is 414 g/mol. The molecule has 1 aliphatic rings. The molecule has 29 heavy (non-hydrogen) atoms. The van der Waals surface area contributed by atoms with Crippen LogP contribution in [-0.2, 0) is 20.8 Å². The fourth-order valence-electron chi connectivity index (χ4n) is 3.32. The average Bonchev–Trinajstić information content (AvgIpc) is 3.09. The highest BCUT2D eigenvalue weighted by Gasteiger charge is 2.34. The Kier molecular flexibility index (Phi) is 6.88. The largest absolute Gasteiger partial charge is 0.347 e. The third kappa shape index (κ3) is 5.57. The van der Waals surface area contributed by atoms with E-state index in [1.807, 2.05) is 37.3 Å². The van der Waals surface area contributed by atoms with E-state index in [-0.39, 0.29) is 30.7 Å². The van der Waals surface area contributed by atoms with Crippen LogP contribution in [0.25, 0.3) is 0 Å². The number of nitrogens with zero attached hydrogens (tertiary/aromatic N) is 1. The monoisotopic (exact) mass is 413 g/mol. The summed E-state index contributed by atoms with van der Waals surface area (Å²) in [6, 6.07) is 15.2. The molecule has 1 atom stereocenters. The Morgan fingerprint density at radius 2 is 1.90 bits per heavy atom. The molecule has 6 nitrogen and oxygen atoms in total. The van der Waals surface area contributed by atoms with Gasteiger partial charge in [0.15, 0.2) is 0 Å². The van der Waals surface area contributed by atoms with Crippen molar-refractivity contribution in [2.45, 2.75) is 19.8 Å². The van der Waals surface area contributed by atoms with Crippen molar-refractivity contribution in [2.75, 3.05) is 25.0 Å². The van der Waals surface area contributed by atoms with Crippen LogP contribution in [0.2, 0.25) is 5.02 Å². The molecule has 2 aromatic carbocycles. The minimum atomic E-state index is -0.432. The van der Waals surface area contributed by atoms with Crippen LogP contribution in [0.5, 0.6) is 0 Å². The van der Waals surface area contributed by atoms with Crippen molar-refractivity contribution in [3.05, 3.63) is 64.7 Å². The molecule has 0 spiro atoms. The Hall–Kier alpha value is -2.86. The van der Waals surface area contributed by atoms with Crippen molar-refractivity contribution < 1.29 is 14.4 Å². The fraction of sp³-hybridized carbons (Fsp3) is 0.318. The topological polar surface area (TPSA) is 78.5 Å². The number of halogens is 1. The lowest BCUT2D eigenvalue weighted by atomic mass is 10.1. The molecular weight excluding hydrogens is 390 g/mol. The summed E-state index contributed by atoms with van der Waals surface area (Å²) in [7, 11) is 0. The van der Waals surface area contributed by atoms with Crippen LogP contribution in [0.4, 0.5) is 5.69 Å². The van der Waals surface area contributed by atoms with Crippen LogP contribution in [0, 0.1) is 12.8 Å². The molecule has 0 radical (unpaired) electrons. The quantitative estimate of drug-likeness (QED) is 0.732. The van der Waals surface area contributed by atoms with Gasteiger partial charge >= 0.3 is 0 Å². The molecule has 0 saturated carbocycles. The van der Waals surface area contributed by atoms with E-state index in [4.69, 9.17) is 11.6 Å². The van der Waals surface area contributed by atoms with Crippen LogP contribution in [0.1, 0.15) is 17.5 Å². The highest BCUT2D eigenvalue weighted by atomic mass is 35.5. The van der Waals surface area contributed by atoms with Crippen LogP contribution < -0.4 is 10.6 Å². The third-order valence-corrected chi connectivity index (χ3v) is 5.47.